The first-order valence-electron chi connectivity index (χ1n) is 12.6. The van der Waals surface area contributed by atoms with Crippen molar-refractivity contribution in [2.24, 2.45) is 11.8 Å². The molecule has 2 amide bonds. The molecule has 3 aliphatic heterocycles. The van der Waals surface area contributed by atoms with Gasteiger partial charge in [-0.1, -0.05) is 49.8 Å². The van der Waals surface area contributed by atoms with E-state index in [0.29, 0.717) is 25.8 Å². The number of fused-ring (bicyclic) bond motifs is 1. The number of aliphatic hydroxyl groups excluding tert-OH is 1. The number of benzene rings is 1. The Morgan fingerprint density at radius 1 is 1.34 bits per heavy atom. The first-order chi connectivity index (χ1) is 16.8. The van der Waals surface area contributed by atoms with Crippen molar-refractivity contribution < 1.29 is 29.3 Å². The Hall–Kier alpha value is -2.71. The lowest BCUT2D eigenvalue weighted by Crippen LogP contribution is -2.60. The molecule has 8 heteroatoms. The standard InChI is InChI=1S/C27H36N2O6/c1-4-9-17(3)28(14-5-2)25(32)23-27-13-12-20(35-27)21(26(33)34)22(27)24(31)29(23)19(16-30)15-18-10-7-6-8-11-18/h5-8,10-11,17,19-23,30H,2,4,9,12-16H2,1,3H3,(H,33,34)/t17?,19-,20-,21+,22+,23-,27+/m1/s1. The lowest BCUT2D eigenvalue weighted by molar-refractivity contribution is -0.154. The van der Waals surface area contributed by atoms with E-state index in [1.165, 1.54) is 4.90 Å². The summed E-state index contributed by atoms with van der Waals surface area (Å²) in [4.78, 5) is 43.6. The number of aliphatic hydroxyl groups is 1. The minimum Gasteiger partial charge on any atom is -0.481 e. The van der Waals surface area contributed by atoms with Crippen LogP contribution in [0.2, 0.25) is 0 Å². The Bertz CT molecular complexity index is 968. The summed E-state index contributed by atoms with van der Waals surface area (Å²) in [7, 11) is 0. The average molecular weight is 485 g/mol. The van der Waals surface area contributed by atoms with E-state index in [-0.39, 0.29) is 18.6 Å². The van der Waals surface area contributed by atoms with Gasteiger partial charge in [-0.3, -0.25) is 14.4 Å². The zero-order valence-corrected chi connectivity index (χ0v) is 20.5. The van der Waals surface area contributed by atoms with Crippen molar-refractivity contribution in [3.05, 3.63) is 48.6 Å². The highest BCUT2D eigenvalue weighted by Gasteiger charge is 2.75. The second-order valence-corrected chi connectivity index (χ2v) is 10.1. The number of rotatable bonds is 11. The van der Waals surface area contributed by atoms with Gasteiger partial charge in [0, 0.05) is 12.6 Å². The first-order valence-corrected chi connectivity index (χ1v) is 12.6. The largest absolute Gasteiger partial charge is 0.481 e. The quantitative estimate of drug-likeness (QED) is 0.467. The molecule has 3 aliphatic rings. The van der Waals surface area contributed by atoms with Gasteiger partial charge >= 0.3 is 5.97 Å². The number of carboxylic acid groups (broad SMARTS) is 1. The number of hydrogen-bond donors (Lipinski definition) is 2. The fourth-order valence-corrected chi connectivity index (χ4v) is 6.54. The molecule has 3 saturated heterocycles. The predicted octanol–water partition coefficient (Wildman–Crippen LogP) is 2.25. The van der Waals surface area contributed by atoms with Crippen LogP contribution in [0.15, 0.2) is 43.0 Å². The molecule has 2 bridgehead atoms. The van der Waals surface area contributed by atoms with Gasteiger partial charge in [-0.25, -0.2) is 0 Å². The molecule has 7 atom stereocenters. The van der Waals surface area contributed by atoms with Gasteiger partial charge in [-0.2, -0.15) is 0 Å². The third kappa shape index (κ3) is 4.16. The summed E-state index contributed by atoms with van der Waals surface area (Å²) in [6.45, 7) is 7.81. The third-order valence-electron chi connectivity index (χ3n) is 8.02. The second kappa shape index (κ2) is 10.1. The third-order valence-corrected chi connectivity index (χ3v) is 8.02. The Kier molecular flexibility index (Phi) is 7.33. The molecule has 3 heterocycles. The topological polar surface area (TPSA) is 107 Å². The van der Waals surface area contributed by atoms with E-state index in [0.717, 1.165) is 18.4 Å². The maximum atomic E-state index is 14.3. The van der Waals surface area contributed by atoms with Crippen LogP contribution in [0, 0.1) is 11.8 Å². The van der Waals surface area contributed by atoms with Crippen LogP contribution >= 0.6 is 0 Å². The zero-order valence-electron chi connectivity index (χ0n) is 20.5. The van der Waals surface area contributed by atoms with Gasteiger partial charge in [-0.05, 0) is 38.2 Å². The van der Waals surface area contributed by atoms with E-state index in [4.69, 9.17) is 4.74 Å². The highest BCUT2D eigenvalue weighted by molar-refractivity contribution is 5.98. The number of hydrogen-bond acceptors (Lipinski definition) is 5. The first kappa shape index (κ1) is 25.4. The number of carbonyl (C=O) groups is 3. The normalized spacial score (nSPS) is 30.7. The number of carboxylic acids is 1. The number of aliphatic carboxylic acids is 1. The Balaban J connectivity index is 1.78. The van der Waals surface area contributed by atoms with Crippen LogP contribution in [0.3, 0.4) is 0 Å². The average Bonchev–Trinajstić information content (AvgIpc) is 3.49. The fourth-order valence-electron chi connectivity index (χ4n) is 6.54. The molecular weight excluding hydrogens is 448 g/mol. The van der Waals surface area contributed by atoms with Gasteiger partial charge in [0.2, 0.25) is 11.8 Å². The molecule has 1 aromatic carbocycles. The van der Waals surface area contributed by atoms with Crippen LogP contribution in [0.4, 0.5) is 0 Å². The van der Waals surface area contributed by atoms with Crippen LogP contribution in [0.25, 0.3) is 0 Å². The lowest BCUT2D eigenvalue weighted by atomic mass is 9.70. The van der Waals surface area contributed by atoms with E-state index in [2.05, 4.69) is 6.58 Å². The summed E-state index contributed by atoms with van der Waals surface area (Å²) in [5.41, 5.74) is -0.278. The van der Waals surface area contributed by atoms with Crippen LogP contribution < -0.4 is 0 Å². The van der Waals surface area contributed by atoms with Crippen molar-refractivity contribution in [3.63, 3.8) is 0 Å². The Labute approximate surface area is 206 Å². The van der Waals surface area contributed by atoms with E-state index >= 15 is 0 Å². The Morgan fingerprint density at radius 2 is 2.06 bits per heavy atom. The molecule has 1 aromatic rings. The highest BCUT2D eigenvalue weighted by atomic mass is 16.5. The number of carbonyl (C=O) groups excluding carboxylic acids is 2. The SMILES string of the molecule is C=CCN(C(=O)[C@H]1N([C@@H](CO)Cc2ccccc2)C(=O)[C@@H]2[C@@H](C(=O)O)[C@H]3CC[C@]21O3)C(C)CCC. The van der Waals surface area contributed by atoms with Gasteiger partial charge in [-0.15, -0.1) is 6.58 Å². The van der Waals surface area contributed by atoms with Crippen LogP contribution in [0.5, 0.6) is 0 Å². The van der Waals surface area contributed by atoms with E-state index < -0.39 is 47.5 Å². The highest BCUT2D eigenvalue weighted by Crippen LogP contribution is 2.59. The maximum Gasteiger partial charge on any atom is 0.310 e. The molecule has 3 fully saturated rings. The molecule has 1 spiro atoms. The summed E-state index contributed by atoms with van der Waals surface area (Å²) in [6.07, 6.45) is 4.04. The van der Waals surface area contributed by atoms with E-state index in [1.54, 1.807) is 11.0 Å². The molecule has 0 aliphatic carbocycles. The van der Waals surface area contributed by atoms with E-state index in [9.17, 15) is 24.6 Å². The summed E-state index contributed by atoms with van der Waals surface area (Å²) in [5, 5.41) is 20.4. The van der Waals surface area contributed by atoms with Gasteiger partial charge in [0.15, 0.2) is 0 Å². The predicted molar refractivity (Wildman–Crippen MR) is 129 cm³/mol. The molecule has 0 saturated carbocycles. The van der Waals surface area contributed by atoms with Crippen LogP contribution in [0.1, 0.15) is 45.1 Å². The van der Waals surface area contributed by atoms with Crippen molar-refractivity contribution in [1.82, 2.24) is 9.80 Å². The molecule has 35 heavy (non-hydrogen) atoms. The molecule has 8 nitrogen and oxygen atoms in total. The number of amides is 2. The van der Waals surface area contributed by atoms with Gasteiger partial charge < -0.3 is 24.7 Å². The Morgan fingerprint density at radius 3 is 2.66 bits per heavy atom. The summed E-state index contributed by atoms with van der Waals surface area (Å²) in [6, 6.07) is 7.72. The fraction of sp³-hybridized carbons (Fsp3) is 0.593. The minimum atomic E-state index is -1.20. The van der Waals surface area contributed by atoms with Crippen LogP contribution in [-0.2, 0) is 25.5 Å². The van der Waals surface area contributed by atoms with E-state index in [1.807, 2.05) is 44.2 Å². The van der Waals surface area contributed by atoms with Gasteiger partial charge in [0.05, 0.1) is 30.6 Å². The minimum absolute atomic E-state index is 0.0894. The van der Waals surface area contributed by atoms with Crippen molar-refractivity contribution in [2.45, 2.75) is 75.8 Å². The smallest absolute Gasteiger partial charge is 0.310 e. The molecule has 0 radical (unpaired) electrons. The number of likely N-dealkylation sites (tertiary alicyclic amines) is 1. The number of ether oxygens (including phenoxy) is 1. The molecule has 4 rings (SSSR count). The molecule has 2 N–H and O–H groups in total. The van der Waals surface area contributed by atoms with Crippen molar-refractivity contribution in [2.75, 3.05) is 13.2 Å². The van der Waals surface area contributed by atoms with Gasteiger partial charge in [0.1, 0.15) is 11.6 Å². The molecule has 0 aromatic heterocycles. The summed E-state index contributed by atoms with van der Waals surface area (Å²) in [5.74, 6) is -3.68. The summed E-state index contributed by atoms with van der Waals surface area (Å²) < 4.78 is 6.31. The van der Waals surface area contributed by atoms with Crippen molar-refractivity contribution >= 4 is 17.8 Å². The van der Waals surface area contributed by atoms with Crippen molar-refractivity contribution in [3.8, 4) is 0 Å². The lowest BCUT2D eigenvalue weighted by Gasteiger charge is -2.41. The van der Waals surface area contributed by atoms with Crippen molar-refractivity contribution in [1.29, 1.82) is 0 Å². The monoisotopic (exact) mass is 484 g/mol. The molecular formula is C27H36N2O6. The summed E-state index contributed by atoms with van der Waals surface area (Å²) >= 11 is 0. The molecule has 190 valence electrons. The zero-order chi connectivity index (χ0) is 25.3. The molecule has 1 unspecified atom stereocenters. The second-order valence-electron chi connectivity index (χ2n) is 10.1. The number of nitrogens with zero attached hydrogens (tertiary/aromatic N) is 2. The van der Waals surface area contributed by atoms with Gasteiger partial charge in [0.25, 0.3) is 0 Å². The maximum absolute atomic E-state index is 14.3. The van der Waals surface area contributed by atoms with Crippen LogP contribution in [-0.4, -0.2) is 80.8 Å².